The highest BCUT2D eigenvalue weighted by atomic mass is 32.2. The molecule has 1 unspecified atom stereocenters. The smallest absolute Gasteiger partial charge is 0.237 e. The maximum absolute atomic E-state index is 14.1. The van der Waals surface area contributed by atoms with E-state index in [4.69, 9.17) is 4.74 Å². The van der Waals surface area contributed by atoms with Crippen LogP contribution in [0.25, 0.3) is 5.69 Å². The zero-order valence-electron chi connectivity index (χ0n) is 18.3. The van der Waals surface area contributed by atoms with Crippen LogP contribution < -0.4 is 9.64 Å². The Bertz CT molecular complexity index is 1220. The average Bonchev–Trinajstić information content (AvgIpc) is 3.28. The van der Waals surface area contributed by atoms with Gasteiger partial charge in [-0.05, 0) is 43.3 Å². The van der Waals surface area contributed by atoms with E-state index in [0.717, 1.165) is 11.4 Å². The third-order valence-electron chi connectivity index (χ3n) is 5.02. The van der Waals surface area contributed by atoms with E-state index in [1.807, 2.05) is 65.2 Å². The van der Waals surface area contributed by atoms with Gasteiger partial charge in [0, 0.05) is 18.4 Å². The highest BCUT2D eigenvalue weighted by molar-refractivity contribution is 7.99. The van der Waals surface area contributed by atoms with Gasteiger partial charge in [-0.1, -0.05) is 60.3 Å². The number of aromatic nitrogens is 3. The normalized spacial score (nSPS) is 11.7. The molecule has 0 aliphatic rings. The van der Waals surface area contributed by atoms with Crippen LogP contribution in [0.15, 0.2) is 90.1 Å². The summed E-state index contributed by atoms with van der Waals surface area (Å²) < 4.78 is 21.8. The summed E-state index contributed by atoms with van der Waals surface area (Å²) in [7, 11) is 1.75. The van der Waals surface area contributed by atoms with Crippen LogP contribution in [-0.2, 0) is 4.79 Å². The minimum absolute atomic E-state index is 0.0639. The number of para-hydroxylation sites is 3. The molecule has 0 spiro atoms. The number of thioether (sulfide) groups is 1. The van der Waals surface area contributed by atoms with Crippen LogP contribution in [0.2, 0.25) is 0 Å². The SMILES string of the molecule is CC(Oc1ccccc1F)c1nnc(SCC(=O)N(C)c2ccccc2)n1-c1ccccc1. The Balaban J connectivity index is 1.58. The van der Waals surface area contributed by atoms with Crippen LogP contribution >= 0.6 is 11.8 Å². The number of nitrogens with zero attached hydrogens (tertiary/aromatic N) is 4. The van der Waals surface area contributed by atoms with Gasteiger partial charge in [0.25, 0.3) is 0 Å². The van der Waals surface area contributed by atoms with Crippen LogP contribution in [0.1, 0.15) is 18.9 Å². The van der Waals surface area contributed by atoms with Gasteiger partial charge >= 0.3 is 0 Å². The van der Waals surface area contributed by atoms with Gasteiger partial charge in [0.1, 0.15) is 0 Å². The van der Waals surface area contributed by atoms with E-state index in [-0.39, 0.29) is 17.4 Å². The van der Waals surface area contributed by atoms with E-state index < -0.39 is 11.9 Å². The summed E-state index contributed by atoms with van der Waals surface area (Å²) in [6.07, 6.45) is -0.577. The first kappa shape index (κ1) is 22.5. The van der Waals surface area contributed by atoms with Gasteiger partial charge in [-0.25, -0.2) is 4.39 Å². The molecule has 0 saturated heterocycles. The highest BCUT2D eigenvalue weighted by Gasteiger charge is 2.23. The average molecular weight is 463 g/mol. The molecule has 0 N–H and O–H groups in total. The van der Waals surface area contributed by atoms with Crippen molar-refractivity contribution in [3.8, 4) is 11.4 Å². The monoisotopic (exact) mass is 462 g/mol. The van der Waals surface area contributed by atoms with Crippen LogP contribution in [-0.4, -0.2) is 33.5 Å². The Morgan fingerprint density at radius 3 is 2.33 bits per heavy atom. The molecule has 4 aromatic rings. The molecule has 0 bridgehead atoms. The van der Waals surface area contributed by atoms with Gasteiger partial charge in [-0.15, -0.1) is 10.2 Å². The number of benzene rings is 3. The maximum Gasteiger partial charge on any atom is 0.237 e. The summed E-state index contributed by atoms with van der Waals surface area (Å²) in [5.74, 6) is 0.321. The Morgan fingerprint density at radius 2 is 1.64 bits per heavy atom. The second kappa shape index (κ2) is 10.3. The fourth-order valence-corrected chi connectivity index (χ4v) is 4.13. The standard InChI is InChI=1S/C25H23FN4O2S/c1-18(32-22-16-10-9-15-21(22)26)24-27-28-25(30(24)20-13-7-4-8-14-20)33-17-23(31)29(2)19-11-5-3-6-12-19/h3-16,18H,17H2,1-2H3. The fourth-order valence-electron chi connectivity index (χ4n) is 3.26. The van der Waals surface area contributed by atoms with E-state index >= 15 is 0 Å². The van der Waals surface area contributed by atoms with Gasteiger partial charge in [0.05, 0.1) is 5.75 Å². The summed E-state index contributed by atoms with van der Waals surface area (Å²) in [6, 6.07) is 25.3. The van der Waals surface area contributed by atoms with Crippen LogP contribution in [0.3, 0.4) is 0 Å². The number of anilines is 1. The van der Waals surface area contributed by atoms with Crippen molar-refractivity contribution in [3.63, 3.8) is 0 Å². The minimum Gasteiger partial charge on any atom is -0.480 e. The molecule has 0 aliphatic heterocycles. The van der Waals surface area contributed by atoms with Crippen LogP contribution in [0, 0.1) is 5.82 Å². The predicted octanol–water partition coefficient (Wildman–Crippen LogP) is 5.30. The summed E-state index contributed by atoms with van der Waals surface area (Å²) in [5.41, 5.74) is 1.65. The molecule has 3 aromatic carbocycles. The molecule has 1 atom stereocenters. The summed E-state index contributed by atoms with van der Waals surface area (Å²) in [4.78, 5) is 14.4. The number of carbonyl (C=O) groups excluding carboxylic acids is 1. The van der Waals surface area contributed by atoms with Crippen molar-refractivity contribution in [1.29, 1.82) is 0 Å². The van der Waals surface area contributed by atoms with Gasteiger partial charge in [0.2, 0.25) is 5.91 Å². The quantitative estimate of drug-likeness (QED) is 0.333. The largest absolute Gasteiger partial charge is 0.480 e. The first-order valence-electron chi connectivity index (χ1n) is 10.4. The molecule has 0 radical (unpaired) electrons. The second-order valence-electron chi connectivity index (χ2n) is 7.28. The molecule has 33 heavy (non-hydrogen) atoms. The van der Waals surface area contributed by atoms with Crippen molar-refractivity contribution in [2.45, 2.75) is 18.2 Å². The third-order valence-corrected chi connectivity index (χ3v) is 5.93. The number of hydrogen-bond donors (Lipinski definition) is 0. The minimum atomic E-state index is -0.577. The summed E-state index contributed by atoms with van der Waals surface area (Å²) in [5, 5.41) is 9.18. The van der Waals surface area contributed by atoms with Crippen molar-refractivity contribution >= 4 is 23.4 Å². The predicted molar refractivity (Wildman–Crippen MR) is 127 cm³/mol. The Hall–Kier alpha value is -3.65. The number of ether oxygens (including phenoxy) is 1. The van der Waals surface area contributed by atoms with E-state index in [0.29, 0.717) is 11.0 Å². The maximum atomic E-state index is 14.1. The lowest BCUT2D eigenvalue weighted by atomic mass is 10.3. The molecule has 4 rings (SSSR count). The molecule has 0 saturated carbocycles. The van der Waals surface area contributed by atoms with E-state index in [1.165, 1.54) is 17.8 Å². The molecular weight excluding hydrogens is 439 g/mol. The molecule has 0 aliphatic carbocycles. The molecule has 1 aromatic heterocycles. The lowest BCUT2D eigenvalue weighted by Gasteiger charge is -2.18. The summed E-state index contributed by atoms with van der Waals surface area (Å²) in [6.45, 7) is 1.79. The Kier molecular flexibility index (Phi) is 7.04. The van der Waals surface area contributed by atoms with Crippen molar-refractivity contribution in [1.82, 2.24) is 14.8 Å². The van der Waals surface area contributed by atoms with Gasteiger partial charge in [0.15, 0.2) is 28.7 Å². The van der Waals surface area contributed by atoms with Crippen molar-refractivity contribution in [2.24, 2.45) is 0 Å². The molecule has 1 amide bonds. The topological polar surface area (TPSA) is 60.3 Å². The third kappa shape index (κ3) is 5.23. The second-order valence-corrected chi connectivity index (χ2v) is 8.22. The van der Waals surface area contributed by atoms with Crippen molar-refractivity contribution in [3.05, 3.63) is 96.6 Å². The highest BCUT2D eigenvalue weighted by Crippen LogP contribution is 2.29. The molecule has 8 heteroatoms. The van der Waals surface area contributed by atoms with Gasteiger partial charge < -0.3 is 9.64 Å². The molecule has 168 valence electrons. The Labute approximate surface area is 196 Å². The fraction of sp³-hybridized carbons (Fsp3) is 0.160. The number of carbonyl (C=O) groups is 1. The van der Waals surface area contributed by atoms with Crippen molar-refractivity contribution < 1.29 is 13.9 Å². The summed E-state index contributed by atoms with van der Waals surface area (Å²) >= 11 is 1.29. The van der Waals surface area contributed by atoms with Gasteiger partial charge in [-0.3, -0.25) is 9.36 Å². The first-order valence-corrected chi connectivity index (χ1v) is 11.4. The Morgan fingerprint density at radius 1 is 1.00 bits per heavy atom. The molecule has 0 fully saturated rings. The first-order chi connectivity index (χ1) is 16.0. The van der Waals surface area contributed by atoms with E-state index in [9.17, 15) is 9.18 Å². The van der Waals surface area contributed by atoms with E-state index in [1.54, 1.807) is 37.1 Å². The molecule has 1 heterocycles. The zero-order valence-corrected chi connectivity index (χ0v) is 19.1. The zero-order chi connectivity index (χ0) is 23.2. The number of halogens is 1. The van der Waals surface area contributed by atoms with Crippen molar-refractivity contribution in [2.75, 3.05) is 17.7 Å². The number of amides is 1. The lowest BCUT2D eigenvalue weighted by molar-refractivity contribution is -0.115. The molecular formula is C25H23FN4O2S. The van der Waals surface area contributed by atoms with E-state index in [2.05, 4.69) is 10.2 Å². The number of rotatable bonds is 8. The number of hydrogen-bond acceptors (Lipinski definition) is 5. The van der Waals surface area contributed by atoms with Crippen LogP contribution in [0.5, 0.6) is 5.75 Å². The lowest BCUT2D eigenvalue weighted by Crippen LogP contribution is -2.28. The van der Waals surface area contributed by atoms with Crippen LogP contribution in [0.4, 0.5) is 10.1 Å². The van der Waals surface area contributed by atoms with Gasteiger partial charge in [-0.2, -0.15) is 0 Å². The molecule has 6 nitrogen and oxygen atoms in total.